The summed E-state index contributed by atoms with van der Waals surface area (Å²) in [4.78, 5) is 8.40. The number of piperazine rings is 1. The molecule has 0 saturated carbocycles. The molecule has 0 bridgehead atoms. The summed E-state index contributed by atoms with van der Waals surface area (Å²) in [5, 5.41) is 4.72. The van der Waals surface area contributed by atoms with Crippen molar-refractivity contribution in [3.8, 4) is 0 Å². The maximum Gasteiger partial charge on any atom is 0.107 e. The summed E-state index contributed by atoms with van der Waals surface area (Å²) >= 11 is 1.86. The van der Waals surface area contributed by atoms with E-state index in [1.807, 2.05) is 17.5 Å². The lowest BCUT2D eigenvalue weighted by molar-refractivity contribution is 0.199. The van der Waals surface area contributed by atoms with Crippen molar-refractivity contribution in [1.82, 2.24) is 15.2 Å². The van der Waals surface area contributed by atoms with Crippen LogP contribution in [0.2, 0.25) is 0 Å². The molecular weight excluding hydrogens is 254 g/mol. The molecule has 5 heteroatoms. The second-order valence-corrected chi connectivity index (χ2v) is 6.05. The minimum absolute atomic E-state index is 0. The van der Waals surface area contributed by atoms with Crippen LogP contribution in [0.15, 0.2) is 6.20 Å². The Bertz CT molecular complexity index is 340. The zero-order valence-corrected chi connectivity index (χ0v) is 12.4. The number of rotatable bonds is 3. The van der Waals surface area contributed by atoms with Gasteiger partial charge in [0.15, 0.2) is 0 Å². The van der Waals surface area contributed by atoms with Gasteiger partial charge in [-0.15, -0.1) is 23.7 Å². The number of hydrogen-bond donors (Lipinski definition) is 1. The van der Waals surface area contributed by atoms with Crippen LogP contribution in [0.3, 0.4) is 0 Å². The van der Waals surface area contributed by atoms with Crippen molar-refractivity contribution >= 4 is 23.7 Å². The van der Waals surface area contributed by atoms with Gasteiger partial charge < -0.3 is 5.32 Å². The average Bonchev–Trinajstić information content (AvgIpc) is 2.66. The van der Waals surface area contributed by atoms with Crippen LogP contribution in [0.4, 0.5) is 0 Å². The van der Waals surface area contributed by atoms with Crippen molar-refractivity contribution in [1.29, 1.82) is 0 Å². The summed E-state index contributed by atoms with van der Waals surface area (Å²) in [5.41, 5.74) is 0. The van der Waals surface area contributed by atoms with Gasteiger partial charge in [-0.2, -0.15) is 0 Å². The van der Waals surface area contributed by atoms with Gasteiger partial charge in [0.05, 0.1) is 6.54 Å². The molecule has 1 aromatic heterocycles. The first-order valence-electron chi connectivity index (χ1n) is 6.05. The molecule has 3 nitrogen and oxygen atoms in total. The topological polar surface area (TPSA) is 28.2 Å². The molecule has 2 heterocycles. The lowest BCUT2D eigenvalue weighted by Gasteiger charge is -2.31. The third kappa shape index (κ3) is 4.21. The molecule has 17 heavy (non-hydrogen) atoms. The highest BCUT2D eigenvalue weighted by atomic mass is 35.5. The van der Waals surface area contributed by atoms with Crippen molar-refractivity contribution in [3.63, 3.8) is 0 Å². The van der Waals surface area contributed by atoms with Gasteiger partial charge in [-0.1, -0.05) is 13.8 Å². The molecule has 1 aromatic rings. The van der Waals surface area contributed by atoms with E-state index < -0.39 is 0 Å². The lowest BCUT2D eigenvalue weighted by Crippen LogP contribution is -2.48. The van der Waals surface area contributed by atoms with Crippen molar-refractivity contribution in [2.75, 3.05) is 19.6 Å². The number of nitrogens with one attached hydrogen (secondary N) is 1. The normalized spacial score (nSPS) is 21.5. The predicted molar refractivity (Wildman–Crippen MR) is 76.2 cm³/mol. The third-order valence-corrected chi connectivity index (χ3v) is 4.23. The number of halogens is 1. The number of thiazole rings is 1. The van der Waals surface area contributed by atoms with E-state index in [-0.39, 0.29) is 12.4 Å². The molecule has 0 amide bonds. The summed E-state index contributed by atoms with van der Waals surface area (Å²) < 4.78 is 0. The van der Waals surface area contributed by atoms with E-state index in [9.17, 15) is 0 Å². The zero-order chi connectivity index (χ0) is 11.5. The first-order valence-corrected chi connectivity index (χ1v) is 6.87. The Morgan fingerprint density at radius 2 is 2.35 bits per heavy atom. The van der Waals surface area contributed by atoms with E-state index in [0.29, 0.717) is 12.0 Å². The molecule has 0 spiro atoms. The Kier molecular flexibility index (Phi) is 5.86. The molecule has 1 aliphatic heterocycles. The Balaban J connectivity index is 0.00000144. The summed E-state index contributed by atoms with van der Waals surface area (Å²) in [7, 11) is 0. The van der Waals surface area contributed by atoms with Gasteiger partial charge in [-0.05, 0) is 12.8 Å². The monoisotopic (exact) mass is 275 g/mol. The molecular formula is C12H22ClN3S. The SMILES string of the molecule is CC(C)c1cnc(CN2CCN[C@H](C)C2)s1.Cl. The minimum atomic E-state index is 0. The van der Waals surface area contributed by atoms with Crippen LogP contribution in [-0.4, -0.2) is 35.6 Å². The van der Waals surface area contributed by atoms with E-state index in [2.05, 4.69) is 36.0 Å². The van der Waals surface area contributed by atoms with Crippen LogP contribution in [0, 0.1) is 0 Å². The van der Waals surface area contributed by atoms with Gasteiger partial charge in [-0.25, -0.2) is 4.98 Å². The Morgan fingerprint density at radius 1 is 1.59 bits per heavy atom. The van der Waals surface area contributed by atoms with E-state index in [1.54, 1.807) is 0 Å². The number of nitrogens with zero attached hydrogens (tertiary/aromatic N) is 2. The van der Waals surface area contributed by atoms with Gasteiger partial charge >= 0.3 is 0 Å². The van der Waals surface area contributed by atoms with Crippen LogP contribution in [0.25, 0.3) is 0 Å². The van der Waals surface area contributed by atoms with Crippen LogP contribution >= 0.6 is 23.7 Å². The fourth-order valence-electron chi connectivity index (χ4n) is 2.01. The van der Waals surface area contributed by atoms with Crippen molar-refractivity contribution in [2.24, 2.45) is 0 Å². The molecule has 1 fully saturated rings. The second kappa shape index (κ2) is 6.69. The summed E-state index contributed by atoms with van der Waals surface area (Å²) in [6.45, 7) is 11.1. The highest BCUT2D eigenvalue weighted by molar-refractivity contribution is 7.11. The number of hydrogen-bond acceptors (Lipinski definition) is 4. The molecule has 0 aliphatic carbocycles. The van der Waals surface area contributed by atoms with Crippen molar-refractivity contribution < 1.29 is 0 Å². The van der Waals surface area contributed by atoms with Gasteiger partial charge in [0.1, 0.15) is 5.01 Å². The van der Waals surface area contributed by atoms with E-state index in [1.165, 1.54) is 9.88 Å². The van der Waals surface area contributed by atoms with Crippen molar-refractivity contribution in [3.05, 3.63) is 16.1 Å². The fourth-order valence-corrected chi connectivity index (χ4v) is 2.98. The maximum atomic E-state index is 4.51. The Morgan fingerprint density at radius 3 is 2.94 bits per heavy atom. The molecule has 1 atom stereocenters. The van der Waals surface area contributed by atoms with E-state index in [0.717, 1.165) is 26.2 Å². The van der Waals surface area contributed by atoms with Crippen LogP contribution in [-0.2, 0) is 6.54 Å². The first-order chi connectivity index (χ1) is 7.65. The minimum Gasteiger partial charge on any atom is -0.312 e. The average molecular weight is 276 g/mol. The highest BCUT2D eigenvalue weighted by Gasteiger charge is 2.17. The van der Waals surface area contributed by atoms with Crippen molar-refractivity contribution in [2.45, 2.75) is 39.3 Å². The highest BCUT2D eigenvalue weighted by Crippen LogP contribution is 2.22. The van der Waals surface area contributed by atoms with Gasteiger partial charge in [0.25, 0.3) is 0 Å². The zero-order valence-electron chi connectivity index (χ0n) is 10.8. The third-order valence-electron chi connectivity index (χ3n) is 2.95. The fraction of sp³-hybridized carbons (Fsp3) is 0.750. The smallest absolute Gasteiger partial charge is 0.107 e. The largest absolute Gasteiger partial charge is 0.312 e. The summed E-state index contributed by atoms with van der Waals surface area (Å²) in [6, 6.07) is 0.610. The van der Waals surface area contributed by atoms with Gasteiger partial charge in [0, 0.05) is 36.8 Å². The first kappa shape index (κ1) is 14.9. The van der Waals surface area contributed by atoms with Gasteiger partial charge in [-0.3, -0.25) is 4.90 Å². The second-order valence-electron chi connectivity index (χ2n) is 4.90. The molecule has 0 radical (unpaired) electrons. The maximum absolute atomic E-state index is 4.51. The van der Waals surface area contributed by atoms with Gasteiger partial charge in [0.2, 0.25) is 0 Å². The molecule has 1 saturated heterocycles. The van der Waals surface area contributed by atoms with Crippen LogP contribution in [0.1, 0.15) is 36.6 Å². The summed E-state index contributed by atoms with van der Waals surface area (Å²) in [6.07, 6.45) is 2.04. The lowest BCUT2D eigenvalue weighted by atomic mass is 10.2. The molecule has 98 valence electrons. The predicted octanol–water partition coefficient (Wildman–Crippen LogP) is 2.48. The van der Waals surface area contributed by atoms with E-state index in [4.69, 9.17) is 0 Å². The van der Waals surface area contributed by atoms with Crippen LogP contribution in [0.5, 0.6) is 0 Å². The molecule has 2 rings (SSSR count). The molecule has 1 N–H and O–H groups in total. The number of aromatic nitrogens is 1. The van der Waals surface area contributed by atoms with E-state index >= 15 is 0 Å². The standard InChI is InChI=1S/C12H21N3S.ClH/c1-9(2)11-6-14-12(16-11)8-15-5-4-13-10(3)7-15;/h6,9-10,13H,4-5,7-8H2,1-3H3;1H/t10-;/m1./s1. The van der Waals surface area contributed by atoms with Crippen LogP contribution < -0.4 is 5.32 Å². The molecule has 0 unspecified atom stereocenters. The molecule has 1 aliphatic rings. The Labute approximate surface area is 114 Å². The quantitative estimate of drug-likeness (QED) is 0.919. The molecule has 0 aromatic carbocycles. The summed E-state index contributed by atoms with van der Waals surface area (Å²) in [5.74, 6) is 0.605. The Hall–Kier alpha value is -0.160.